The van der Waals surface area contributed by atoms with Gasteiger partial charge in [-0.3, -0.25) is 0 Å². The van der Waals surface area contributed by atoms with Crippen LogP contribution in [-0.2, 0) is 6.54 Å². The summed E-state index contributed by atoms with van der Waals surface area (Å²) < 4.78 is 0. The molecule has 2 rings (SSSR count). The quantitative estimate of drug-likeness (QED) is 0.773. The summed E-state index contributed by atoms with van der Waals surface area (Å²) in [6, 6.07) is 6.98. The van der Waals surface area contributed by atoms with E-state index in [0.717, 1.165) is 24.8 Å². The van der Waals surface area contributed by atoms with Crippen LogP contribution < -0.4 is 5.32 Å². The molecule has 0 aromatic heterocycles. The monoisotopic (exact) mass is 277 g/mol. The fraction of sp³-hybridized carbons (Fsp3) is 0.562. The molecule has 0 aliphatic heterocycles. The van der Waals surface area contributed by atoms with Gasteiger partial charge in [0, 0.05) is 13.1 Å². The smallest absolute Gasteiger partial charge is 0.336 e. The van der Waals surface area contributed by atoms with Crippen LogP contribution in [0.4, 0.5) is 0 Å². The number of aliphatic hydroxyl groups is 1. The third-order valence-corrected chi connectivity index (χ3v) is 4.08. The highest BCUT2D eigenvalue weighted by Crippen LogP contribution is 2.31. The molecule has 0 radical (unpaired) electrons. The second-order valence-corrected chi connectivity index (χ2v) is 5.99. The van der Waals surface area contributed by atoms with Gasteiger partial charge in [-0.25, -0.2) is 4.79 Å². The van der Waals surface area contributed by atoms with Gasteiger partial charge in [-0.15, -0.1) is 0 Å². The molecule has 1 fully saturated rings. The highest BCUT2D eigenvalue weighted by molar-refractivity contribution is 5.89. The summed E-state index contributed by atoms with van der Waals surface area (Å²) in [5.74, 6) is -0.353. The lowest BCUT2D eigenvalue weighted by atomic mass is 9.79. The molecular formula is C16H23NO3. The summed E-state index contributed by atoms with van der Waals surface area (Å²) in [7, 11) is 0. The standard InChI is InChI=1S/C16H23NO3/c1-12-5-4-8-16(20,9-12)11-17-10-13-6-2-3-7-14(13)15(18)19/h2-3,6-7,12,17,20H,4-5,8-11H2,1H3,(H,18,19). The summed E-state index contributed by atoms with van der Waals surface area (Å²) in [6.45, 7) is 3.16. The largest absolute Gasteiger partial charge is 0.478 e. The highest BCUT2D eigenvalue weighted by atomic mass is 16.4. The molecule has 0 saturated heterocycles. The molecule has 3 N–H and O–H groups in total. The number of carboxylic acid groups (broad SMARTS) is 1. The lowest BCUT2D eigenvalue weighted by Crippen LogP contribution is -2.43. The van der Waals surface area contributed by atoms with E-state index in [-0.39, 0.29) is 0 Å². The van der Waals surface area contributed by atoms with Crippen LogP contribution >= 0.6 is 0 Å². The van der Waals surface area contributed by atoms with E-state index in [1.54, 1.807) is 12.1 Å². The van der Waals surface area contributed by atoms with Crippen LogP contribution in [0.1, 0.15) is 48.5 Å². The predicted molar refractivity (Wildman–Crippen MR) is 77.7 cm³/mol. The highest BCUT2D eigenvalue weighted by Gasteiger charge is 2.32. The van der Waals surface area contributed by atoms with Crippen LogP contribution in [0.2, 0.25) is 0 Å². The minimum Gasteiger partial charge on any atom is -0.478 e. The fourth-order valence-corrected chi connectivity index (χ4v) is 3.11. The van der Waals surface area contributed by atoms with Crippen LogP contribution in [0.15, 0.2) is 24.3 Å². The van der Waals surface area contributed by atoms with Gasteiger partial charge in [0.2, 0.25) is 0 Å². The van der Waals surface area contributed by atoms with Crippen molar-refractivity contribution in [3.05, 3.63) is 35.4 Å². The molecule has 2 unspecified atom stereocenters. The van der Waals surface area contributed by atoms with E-state index in [9.17, 15) is 9.90 Å². The number of hydrogen-bond acceptors (Lipinski definition) is 3. The van der Waals surface area contributed by atoms with Crippen LogP contribution in [0, 0.1) is 5.92 Å². The Morgan fingerprint density at radius 1 is 1.45 bits per heavy atom. The SMILES string of the molecule is CC1CCCC(O)(CNCc2ccccc2C(=O)O)C1. The Balaban J connectivity index is 1.91. The first-order valence-corrected chi connectivity index (χ1v) is 7.24. The number of aromatic carboxylic acids is 1. The van der Waals surface area contributed by atoms with Crippen LogP contribution in [0.5, 0.6) is 0 Å². The molecule has 110 valence electrons. The van der Waals surface area contributed by atoms with Gasteiger partial charge >= 0.3 is 5.97 Å². The van der Waals surface area contributed by atoms with Crippen molar-refractivity contribution in [1.82, 2.24) is 5.32 Å². The van der Waals surface area contributed by atoms with Crippen LogP contribution in [0.25, 0.3) is 0 Å². The van der Waals surface area contributed by atoms with Gasteiger partial charge in [0.25, 0.3) is 0 Å². The van der Waals surface area contributed by atoms with Crippen molar-refractivity contribution in [1.29, 1.82) is 0 Å². The predicted octanol–water partition coefficient (Wildman–Crippen LogP) is 2.42. The summed E-state index contributed by atoms with van der Waals surface area (Å²) in [6.07, 6.45) is 3.89. The van der Waals surface area contributed by atoms with E-state index in [4.69, 9.17) is 5.11 Å². The number of carboxylic acids is 1. The Hall–Kier alpha value is -1.39. The molecule has 1 saturated carbocycles. The number of benzene rings is 1. The zero-order chi connectivity index (χ0) is 14.6. The van der Waals surface area contributed by atoms with Gasteiger partial charge in [-0.05, 0) is 30.4 Å². The minimum atomic E-state index is -0.910. The Bertz CT molecular complexity index is 475. The molecule has 0 amide bonds. The van der Waals surface area contributed by atoms with Crippen molar-refractivity contribution < 1.29 is 15.0 Å². The molecule has 0 bridgehead atoms. The molecule has 1 aliphatic carbocycles. The average Bonchev–Trinajstić information content (AvgIpc) is 2.38. The lowest BCUT2D eigenvalue weighted by Gasteiger charge is -2.35. The van der Waals surface area contributed by atoms with E-state index in [1.165, 1.54) is 6.42 Å². The summed E-state index contributed by atoms with van der Waals surface area (Å²) in [5.41, 5.74) is 0.437. The zero-order valence-electron chi connectivity index (χ0n) is 11.9. The van der Waals surface area contributed by atoms with E-state index >= 15 is 0 Å². The number of carbonyl (C=O) groups is 1. The van der Waals surface area contributed by atoms with Gasteiger partial charge in [0.15, 0.2) is 0 Å². The van der Waals surface area contributed by atoms with Gasteiger partial charge in [-0.2, -0.15) is 0 Å². The second kappa shape index (κ2) is 6.37. The maximum atomic E-state index is 11.1. The molecule has 20 heavy (non-hydrogen) atoms. The topological polar surface area (TPSA) is 69.6 Å². The molecule has 1 aromatic rings. The minimum absolute atomic E-state index is 0.323. The van der Waals surface area contributed by atoms with Gasteiger partial charge in [-0.1, -0.05) is 38.0 Å². The molecule has 4 nitrogen and oxygen atoms in total. The maximum Gasteiger partial charge on any atom is 0.336 e. The van der Waals surface area contributed by atoms with Crippen molar-refractivity contribution in [2.75, 3.05) is 6.54 Å². The fourth-order valence-electron chi connectivity index (χ4n) is 3.11. The van der Waals surface area contributed by atoms with Crippen LogP contribution in [-0.4, -0.2) is 28.3 Å². The van der Waals surface area contributed by atoms with Crippen molar-refractivity contribution >= 4 is 5.97 Å². The van der Waals surface area contributed by atoms with E-state index < -0.39 is 11.6 Å². The Morgan fingerprint density at radius 3 is 2.90 bits per heavy atom. The number of hydrogen-bond donors (Lipinski definition) is 3. The first-order valence-electron chi connectivity index (χ1n) is 7.24. The van der Waals surface area contributed by atoms with Gasteiger partial charge in [0.05, 0.1) is 11.2 Å². The van der Waals surface area contributed by atoms with E-state index in [2.05, 4.69) is 12.2 Å². The molecule has 0 spiro atoms. The maximum absolute atomic E-state index is 11.1. The lowest BCUT2D eigenvalue weighted by molar-refractivity contribution is -0.0119. The van der Waals surface area contributed by atoms with Crippen LogP contribution in [0.3, 0.4) is 0 Å². The van der Waals surface area contributed by atoms with E-state index in [1.807, 2.05) is 12.1 Å². The average molecular weight is 277 g/mol. The number of nitrogens with one attached hydrogen (secondary N) is 1. The number of rotatable bonds is 5. The first kappa shape index (κ1) is 15.0. The third-order valence-electron chi connectivity index (χ3n) is 4.08. The van der Waals surface area contributed by atoms with Gasteiger partial charge in [0.1, 0.15) is 0 Å². The van der Waals surface area contributed by atoms with E-state index in [0.29, 0.717) is 24.6 Å². The van der Waals surface area contributed by atoms with Crippen molar-refractivity contribution in [2.45, 2.75) is 44.8 Å². The zero-order valence-corrected chi connectivity index (χ0v) is 11.9. The van der Waals surface area contributed by atoms with Crippen molar-refractivity contribution in [3.63, 3.8) is 0 Å². The van der Waals surface area contributed by atoms with Crippen molar-refractivity contribution in [2.24, 2.45) is 5.92 Å². The Morgan fingerprint density at radius 2 is 2.20 bits per heavy atom. The Labute approximate surface area is 119 Å². The molecular weight excluding hydrogens is 254 g/mol. The molecule has 4 heteroatoms. The Kier molecular flexibility index (Phi) is 4.78. The third kappa shape index (κ3) is 3.81. The molecule has 1 aliphatic rings. The normalized spacial score (nSPS) is 26.4. The molecule has 1 aromatic carbocycles. The summed E-state index contributed by atoms with van der Waals surface area (Å²) in [4.78, 5) is 11.1. The van der Waals surface area contributed by atoms with Gasteiger partial charge < -0.3 is 15.5 Å². The summed E-state index contributed by atoms with van der Waals surface area (Å²) in [5, 5.41) is 22.9. The molecule has 2 atom stereocenters. The first-order chi connectivity index (χ1) is 9.50. The summed E-state index contributed by atoms with van der Waals surface area (Å²) >= 11 is 0. The second-order valence-electron chi connectivity index (χ2n) is 5.99. The van der Waals surface area contributed by atoms with Crippen molar-refractivity contribution in [3.8, 4) is 0 Å². The molecule has 0 heterocycles.